The molecule has 0 aliphatic carbocycles. The summed E-state index contributed by atoms with van der Waals surface area (Å²) >= 11 is 0. The van der Waals surface area contributed by atoms with Crippen LogP contribution in [-0.2, 0) is 16.1 Å². The number of rotatable bonds is 3. The van der Waals surface area contributed by atoms with Gasteiger partial charge in [-0.15, -0.1) is 0 Å². The lowest BCUT2D eigenvalue weighted by atomic mass is 9.94. The van der Waals surface area contributed by atoms with Gasteiger partial charge in [0.05, 0.1) is 12.6 Å². The summed E-state index contributed by atoms with van der Waals surface area (Å²) in [5.74, 6) is -0.116. The molecule has 2 atom stereocenters. The van der Waals surface area contributed by atoms with E-state index in [1.54, 1.807) is 0 Å². The smallest absolute Gasteiger partial charge is 0.261 e. The van der Waals surface area contributed by atoms with E-state index in [1.165, 1.54) is 16.6 Å². The molecule has 0 fully saturated rings. The van der Waals surface area contributed by atoms with E-state index in [0.29, 0.717) is 13.0 Å². The molecule has 0 saturated heterocycles. The van der Waals surface area contributed by atoms with E-state index in [4.69, 9.17) is 4.84 Å². The topological polar surface area (TPSA) is 66.1 Å². The van der Waals surface area contributed by atoms with Crippen LogP contribution in [0.1, 0.15) is 31.1 Å². The summed E-state index contributed by atoms with van der Waals surface area (Å²) in [6.07, 6.45) is 0.669. The molecule has 5 nitrogen and oxygen atoms in total. The van der Waals surface area contributed by atoms with Crippen molar-refractivity contribution in [2.24, 2.45) is 0 Å². The number of H-pyrrole nitrogens is 1. The van der Waals surface area contributed by atoms with E-state index in [9.17, 15) is 4.79 Å². The molecule has 2 aromatic rings. The monoisotopic (exact) mass is 273 g/mol. The van der Waals surface area contributed by atoms with Gasteiger partial charge < -0.3 is 4.98 Å². The Hall–Kier alpha value is -1.85. The number of carbonyl (C=O) groups is 1. The molecule has 1 aliphatic rings. The number of carbonyl (C=O) groups excluding carboxylic acids is 1. The first-order valence-corrected chi connectivity index (χ1v) is 6.98. The van der Waals surface area contributed by atoms with Crippen LogP contribution in [0.5, 0.6) is 0 Å². The maximum atomic E-state index is 12.1. The molecule has 20 heavy (non-hydrogen) atoms. The van der Waals surface area contributed by atoms with Crippen LogP contribution in [0.2, 0.25) is 0 Å². The average molecular weight is 273 g/mol. The van der Waals surface area contributed by atoms with E-state index in [0.717, 1.165) is 5.52 Å². The molecule has 0 spiro atoms. The Kier molecular flexibility index (Phi) is 3.46. The van der Waals surface area contributed by atoms with E-state index in [1.807, 2.05) is 19.1 Å². The van der Waals surface area contributed by atoms with Gasteiger partial charge in [0.2, 0.25) is 0 Å². The zero-order valence-electron chi connectivity index (χ0n) is 11.7. The molecule has 5 heteroatoms. The highest BCUT2D eigenvalue weighted by Crippen LogP contribution is 2.31. The Morgan fingerprint density at radius 3 is 3.05 bits per heavy atom. The lowest BCUT2D eigenvalue weighted by Crippen LogP contribution is -2.48. The van der Waals surface area contributed by atoms with Crippen molar-refractivity contribution in [3.8, 4) is 0 Å². The Balaban J connectivity index is 1.91. The first kappa shape index (κ1) is 13.1. The number of amides is 1. The van der Waals surface area contributed by atoms with E-state index < -0.39 is 0 Å². The quantitative estimate of drug-likeness (QED) is 0.747. The second-order valence-corrected chi connectivity index (χ2v) is 5.11. The number of benzene rings is 1. The highest BCUT2D eigenvalue weighted by atomic mass is 16.6. The maximum Gasteiger partial charge on any atom is 0.261 e. The third-order valence-electron chi connectivity index (χ3n) is 3.77. The highest BCUT2D eigenvalue weighted by molar-refractivity contribution is 5.88. The minimum atomic E-state index is -0.261. The summed E-state index contributed by atoms with van der Waals surface area (Å²) < 4.78 is 0. The zero-order chi connectivity index (χ0) is 14.1. The molecule has 1 aromatic carbocycles. The third kappa shape index (κ3) is 2.19. The Labute approximate surface area is 117 Å². The van der Waals surface area contributed by atoms with Crippen LogP contribution in [-0.4, -0.2) is 23.5 Å². The van der Waals surface area contributed by atoms with Crippen LogP contribution in [0.4, 0.5) is 0 Å². The van der Waals surface area contributed by atoms with Crippen LogP contribution >= 0.6 is 0 Å². The molecule has 3 rings (SSSR count). The van der Waals surface area contributed by atoms with Crippen LogP contribution < -0.4 is 10.8 Å². The van der Waals surface area contributed by atoms with Gasteiger partial charge in [-0.2, -0.15) is 0 Å². The van der Waals surface area contributed by atoms with Gasteiger partial charge in [-0.05, 0) is 31.9 Å². The van der Waals surface area contributed by atoms with Crippen molar-refractivity contribution < 1.29 is 9.63 Å². The summed E-state index contributed by atoms with van der Waals surface area (Å²) in [6.45, 7) is 4.37. The van der Waals surface area contributed by atoms with Crippen LogP contribution in [0.15, 0.2) is 24.3 Å². The number of hydrogen-bond donors (Lipinski definition) is 3. The summed E-state index contributed by atoms with van der Waals surface area (Å²) in [5.41, 5.74) is 6.00. The van der Waals surface area contributed by atoms with Crippen molar-refractivity contribution in [2.45, 2.75) is 32.4 Å². The number of hydrogen-bond acceptors (Lipinski definition) is 3. The lowest BCUT2D eigenvalue weighted by Gasteiger charge is -2.28. The second-order valence-electron chi connectivity index (χ2n) is 5.11. The van der Waals surface area contributed by atoms with E-state index in [-0.39, 0.29) is 18.0 Å². The van der Waals surface area contributed by atoms with Gasteiger partial charge in [0.25, 0.3) is 5.91 Å². The fourth-order valence-electron chi connectivity index (χ4n) is 2.84. The minimum absolute atomic E-state index is 0.114. The van der Waals surface area contributed by atoms with Gasteiger partial charge in [0.15, 0.2) is 0 Å². The molecule has 0 saturated carbocycles. The summed E-state index contributed by atoms with van der Waals surface area (Å²) in [7, 11) is 0. The molecule has 1 aromatic heterocycles. The predicted octanol–water partition coefficient (Wildman–Crippen LogP) is 1.81. The van der Waals surface area contributed by atoms with Crippen molar-refractivity contribution in [1.29, 1.82) is 0 Å². The fourth-order valence-corrected chi connectivity index (χ4v) is 2.84. The molecule has 0 unspecified atom stereocenters. The second kappa shape index (κ2) is 5.26. The number of fused-ring (bicyclic) bond motifs is 3. The molecular weight excluding hydrogens is 254 g/mol. The predicted molar refractivity (Wildman–Crippen MR) is 77.1 cm³/mol. The van der Waals surface area contributed by atoms with Gasteiger partial charge in [-0.25, -0.2) is 5.48 Å². The van der Waals surface area contributed by atoms with Crippen molar-refractivity contribution >= 4 is 16.8 Å². The highest BCUT2D eigenvalue weighted by Gasteiger charge is 2.30. The van der Waals surface area contributed by atoms with Crippen molar-refractivity contribution in [1.82, 2.24) is 15.8 Å². The number of aromatic nitrogens is 1. The minimum Gasteiger partial charge on any atom is -0.357 e. The summed E-state index contributed by atoms with van der Waals surface area (Å²) in [6, 6.07) is 8.06. The molecule has 3 N–H and O–H groups in total. The van der Waals surface area contributed by atoms with Crippen molar-refractivity contribution in [3.63, 3.8) is 0 Å². The Bertz CT molecular complexity index is 635. The van der Waals surface area contributed by atoms with Crippen LogP contribution in [0.25, 0.3) is 10.9 Å². The molecular formula is C15H19N3O2. The third-order valence-corrected chi connectivity index (χ3v) is 3.77. The SMILES string of the molecule is CCONC(=O)[C@@H]1Cc2c([nH]c3ccccc23)[C@H](C)N1. The Morgan fingerprint density at radius 2 is 2.25 bits per heavy atom. The summed E-state index contributed by atoms with van der Waals surface area (Å²) in [5, 5.41) is 4.52. The van der Waals surface area contributed by atoms with Crippen LogP contribution in [0, 0.1) is 0 Å². The van der Waals surface area contributed by atoms with Gasteiger partial charge in [0, 0.05) is 22.6 Å². The van der Waals surface area contributed by atoms with Crippen molar-refractivity contribution in [2.75, 3.05) is 6.61 Å². The molecule has 2 heterocycles. The van der Waals surface area contributed by atoms with Crippen molar-refractivity contribution in [3.05, 3.63) is 35.5 Å². The number of aromatic amines is 1. The summed E-state index contributed by atoms with van der Waals surface area (Å²) in [4.78, 5) is 20.5. The van der Waals surface area contributed by atoms with Gasteiger partial charge in [0.1, 0.15) is 0 Å². The van der Waals surface area contributed by atoms with Gasteiger partial charge in [-0.3, -0.25) is 14.9 Å². The van der Waals surface area contributed by atoms with Gasteiger partial charge in [-0.1, -0.05) is 18.2 Å². The normalized spacial score (nSPS) is 21.7. The number of nitrogens with one attached hydrogen (secondary N) is 3. The first-order valence-electron chi connectivity index (χ1n) is 6.98. The average Bonchev–Trinajstić information content (AvgIpc) is 2.84. The maximum absolute atomic E-state index is 12.1. The zero-order valence-corrected chi connectivity index (χ0v) is 11.7. The number of hydroxylamine groups is 1. The lowest BCUT2D eigenvalue weighted by molar-refractivity contribution is -0.135. The molecule has 106 valence electrons. The molecule has 0 radical (unpaired) electrons. The largest absolute Gasteiger partial charge is 0.357 e. The van der Waals surface area contributed by atoms with E-state index in [2.05, 4.69) is 34.8 Å². The molecule has 1 amide bonds. The molecule has 0 bridgehead atoms. The van der Waals surface area contributed by atoms with Crippen LogP contribution in [0.3, 0.4) is 0 Å². The fraction of sp³-hybridized carbons (Fsp3) is 0.400. The van der Waals surface area contributed by atoms with E-state index >= 15 is 0 Å². The number of para-hydroxylation sites is 1. The Morgan fingerprint density at radius 1 is 1.45 bits per heavy atom. The van der Waals surface area contributed by atoms with Gasteiger partial charge >= 0.3 is 0 Å². The standard InChI is InChI=1S/C15H19N3O2/c1-3-20-18-15(19)13-8-11-10-6-4-5-7-12(10)17-14(11)9(2)16-13/h4-7,9,13,16-17H,3,8H2,1-2H3,(H,18,19)/t9-,13-/m0/s1. The molecule has 1 aliphatic heterocycles. The first-order chi connectivity index (χ1) is 9.70.